The molecule has 1 heterocycles. The van der Waals surface area contributed by atoms with E-state index in [1.807, 2.05) is 42.5 Å². The summed E-state index contributed by atoms with van der Waals surface area (Å²) in [6.45, 7) is 6.13. The van der Waals surface area contributed by atoms with E-state index in [2.05, 4.69) is 45.4 Å². The number of benzene rings is 2. The van der Waals surface area contributed by atoms with Gasteiger partial charge in [0, 0.05) is 34.2 Å². The lowest BCUT2D eigenvalue weighted by molar-refractivity contribution is 0.102. The van der Waals surface area contributed by atoms with E-state index in [1.165, 1.54) is 0 Å². The van der Waals surface area contributed by atoms with Crippen molar-refractivity contribution in [2.75, 3.05) is 23.3 Å². The zero-order chi connectivity index (χ0) is 18.5. The summed E-state index contributed by atoms with van der Waals surface area (Å²) < 4.78 is 0.775. The van der Waals surface area contributed by atoms with Crippen LogP contribution in [0.25, 0.3) is 11.3 Å². The molecule has 1 aromatic heterocycles. The lowest BCUT2D eigenvalue weighted by Crippen LogP contribution is -2.21. The topological polar surface area (TPSA) is 45.2 Å². The Labute approximate surface area is 166 Å². The van der Waals surface area contributed by atoms with Gasteiger partial charge in [-0.25, -0.2) is 4.98 Å². The van der Waals surface area contributed by atoms with E-state index in [1.54, 1.807) is 17.4 Å². The normalized spacial score (nSPS) is 10.6. The van der Waals surface area contributed by atoms with Crippen LogP contribution in [0.4, 0.5) is 10.8 Å². The van der Waals surface area contributed by atoms with Gasteiger partial charge in [0.15, 0.2) is 5.13 Å². The molecule has 0 aliphatic carbocycles. The molecule has 134 valence electrons. The fourth-order valence-electron chi connectivity index (χ4n) is 2.64. The number of nitrogens with one attached hydrogen (secondary N) is 1. The molecule has 0 fully saturated rings. The molecule has 0 saturated heterocycles. The minimum atomic E-state index is -0.142. The number of aromatic nitrogens is 1. The molecular weight excluding hydrogens is 410 g/mol. The highest BCUT2D eigenvalue weighted by molar-refractivity contribution is 9.10. The van der Waals surface area contributed by atoms with Crippen LogP contribution >= 0.6 is 27.3 Å². The van der Waals surface area contributed by atoms with E-state index in [4.69, 9.17) is 4.98 Å². The molecule has 0 bridgehead atoms. The van der Waals surface area contributed by atoms with Gasteiger partial charge < -0.3 is 10.2 Å². The molecule has 0 aliphatic rings. The Morgan fingerprint density at radius 2 is 1.92 bits per heavy atom. The van der Waals surface area contributed by atoms with Crippen molar-refractivity contribution in [1.29, 1.82) is 0 Å². The highest BCUT2D eigenvalue weighted by Gasteiger charge is 2.12. The Kier molecular flexibility index (Phi) is 6.06. The van der Waals surface area contributed by atoms with Crippen LogP contribution < -0.4 is 10.2 Å². The van der Waals surface area contributed by atoms with Gasteiger partial charge in [0.25, 0.3) is 5.91 Å². The monoisotopic (exact) mass is 429 g/mol. The fourth-order valence-corrected chi connectivity index (χ4v) is 4.07. The summed E-state index contributed by atoms with van der Waals surface area (Å²) in [5.41, 5.74) is 3.27. The second-order valence-corrected chi connectivity index (χ2v) is 7.39. The van der Waals surface area contributed by atoms with Crippen LogP contribution in [0.5, 0.6) is 0 Å². The van der Waals surface area contributed by atoms with Crippen LogP contribution in [-0.2, 0) is 0 Å². The summed E-state index contributed by atoms with van der Waals surface area (Å²) in [6.07, 6.45) is 0. The van der Waals surface area contributed by atoms with Gasteiger partial charge in [-0.15, -0.1) is 11.3 Å². The first-order valence-corrected chi connectivity index (χ1v) is 10.2. The first kappa shape index (κ1) is 18.6. The number of hydrogen-bond acceptors (Lipinski definition) is 4. The molecule has 1 N–H and O–H groups in total. The Morgan fingerprint density at radius 1 is 1.15 bits per heavy atom. The van der Waals surface area contributed by atoms with Gasteiger partial charge in [-0.3, -0.25) is 4.79 Å². The zero-order valence-corrected chi connectivity index (χ0v) is 17.1. The standard InChI is InChI=1S/C20H20BrN3OS/c1-3-24(4-2)20-23-18(13-26-20)14-8-7-9-15(12-14)22-19(25)16-10-5-6-11-17(16)21/h5-13H,3-4H2,1-2H3,(H,22,25). The van der Waals surface area contributed by atoms with Crippen molar-refractivity contribution in [3.63, 3.8) is 0 Å². The third-order valence-corrected chi connectivity index (χ3v) is 5.65. The summed E-state index contributed by atoms with van der Waals surface area (Å²) >= 11 is 5.06. The predicted molar refractivity (Wildman–Crippen MR) is 113 cm³/mol. The molecule has 0 saturated carbocycles. The van der Waals surface area contributed by atoms with Crippen LogP contribution in [0.1, 0.15) is 24.2 Å². The average molecular weight is 430 g/mol. The Morgan fingerprint density at radius 3 is 2.65 bits per heavy atom. The molecule has 0 spiro atoms. The third kappa shape index (κ3) is 4.14. The van der Waals surface area contributed by atoms with Gasteiger partial charge in [0.1, 0.15) is 0 Å². The van der Waals surface area contributed by atoms with Gasteiger partial charge >= 0.3 is 0 Å². The third-order valence-electron chi connectivity index (χ3n) is 4.06. The number of hydrogen-bond donors (Lipinski definition) is 1. The van der Waals surface area contributed by atoms with Crippen LogP contribution in [0.15, 0.2) is 58.4 Å². The van der Waals surface area contributed by atoms with Gasteiger partial charge in [-0.2, -0.15) is 0 Å². The number of carbonyl (C=O) groups excluding carboxylic acids is 1. The Bertz CT molecular complexity index is 905. The number of halogens is 1. The predicted octanol–water partition coefficient (Wildman–Crippen LogP) is 5.67. The molecule has 0 atom stereocenters. The summed E-state index contributed by atoms with van der Waals surface area (Å²) in [7, 11) is 0. The van der Waals surface area contributed by atoms with Gasteiger partial charge in [-0.05, 0) is 54.0 Å². The van der Waals surface area contributed by atoms with Crippen LogP contribution in [0.2, 0.25) is 0 Å². The first-order chi connectivity index (χ1) is 12.6. The number of anilines is 2. The quantitative estimate of drug-likeness (QED) is 0.548. The molecule has 0 aliphatic heterocycles. The van der Waals surface area contributed by atoms with Crippen molar-refractivity contribution >= 4 is 44.0 Å². The van der Waals surface area contributed by atoms with Crippen molar-refractivity contribution in [3.05, 3.63) is 63.9 Å². The average Bonchev–Trinajstić information content (AvgIpc) is 3.13. The van der Waals surface area contributed by atoms with E-state index in [0.29, 0.717) is 5.56 Å². The number of carbonyl (C=O) groups is 1. The maximum Gasteiger partial charge on any atom is 0.256 e. The second kappa shape index (κ2) is 8.47. The zero-order valence-electron chi connectivity index (χ0n) is 14.7. The SMILES string of the molecule is CCN(CC)c1nc(-c2cccc(NC(=O)c3ccccc3Br)c2)cs1. The van der Waals surface area contributed by atoms with Crippen molar-refractivity contribution < 1.29 is 4.79 Å². The minimum Gasteiger partial charge on any atom is -0.349 e. The fraction of sp³-hybridized carbons (Fsp3) is 0.200. The van der Waals surface area contributed by atoms with E-state index in [0.717, 1.165) is 39.6 Å². The van der Waals surface area contributed by atoms with Crippen LogP contribution in [0, 0.1) is 0 Å². The summed E-state index contributed by atoms with van der Waals surface area (Å²) in [6, 6.07) is 15.2. The van der Waals surface area contributed by atoms with Crippen LogP contribution in [-0.4, -0.2) is 24.0 Å². The molecule has 3 rings (SSSR count). The highest BCUT2D eigenvalue weighted by Crippen LogP contribution is 2.29. The van der Waals surface area contributed by atoms with E-state index >= 15 is 0 Å². The molecule has 6 heteroatoms. The van der Waals surface area contributed by atoms with E-state index in [9.17, 15) is 4.79 Å². The van der Waals surface area contributed by atoms with Gasteiger partial charge in [0.05, 0.1) is 11.3 Å². The van der Waals surface area contributed by atoms with Crippen molar-refractivity contribution in [3.8, 4) is 11.3 Å². The Hall–Kier alpha value is -2.18. The van der Waals surface area contributed by atoms with Crippen molar-refractivity contribution in [2.45, 2.75) is 13.8 Å². The smallest absolute Gasteiger partial charge is 0.256 e. The summed E-state index contributed by atoms with van der Waals surface area (Å²) in [4.78, 5) is 19.5. The molecule has 3 aromatic rings. The van der Waals surface area contributed by atoms with Gasteiger partial charge in [-0.1, -0.05) is 24.3 Å². The lowest BCUT2D eigenvalue weighted by atomic mass is 10.1. The van der Waals surface area contributed by atoms with Gasteiger partial charge in [0.2, 0.25) is 0 Å². The van der Waals surface area contributed by atoms with E-state index in [-0.39, 0.29) is 5.91 Å². The van der Waals surface area contributed by atoms with Crippen LogP contribution in [0.3, 0.4) is 0 Å². The molecule has 0 radical (unpaired) electrons. The molecule has 26 heavy (non-hydrogen) atoms. The second-order valence-electron chi connectivity index (χ2n) is 5.70. The highest BCUT2D eigenvalue weighted by atomic mass is 79.9. The largest absolute Gasteiger partial charge is 0.349 e. The molecule has 2 aromatic carbocycles. The first-order valence-electron chi connectivity index (χ1n) is 8.49. The molecule has 4 nitrogen and oxygen atoms in total. The maximum absolute atomic E-state index is 12.5. The summed E-state index contributed by atoms with van der Waals surface area (Å²) in [5, 5.41) is 6.04. The van der Waals surface area contributed by atoms with Crippen molar-refractivity contribution in [1.82, 2.24) is 4.98 Å². The minimum absolute atomic E-state index is 0.142. The lowest BCUT2D eigenvalue weighted by Gasteiger charge is -2.16. The van der Waals surface area contributed by atoms with E-state index < -0.39 is 0 Å². The number of nitrogens with zero attached hydrogens (tertiary/aromatic N) is 2. The number of rotatable bonds is 6. The summed E-state index contributed by atoms with van der Waals surface area (Å²) in [5.74, 6) is -0.142. The molecule has 1 amide bonds. The maximum atomic E-state index is 12.5. The number of thiazole rings is 1. The Balaban J connectivity index is 1.81. The molecular formula is C20H20BrN3OS. The molecule has 0 unspecified atom stereocenters. The van der Waals surface area contributed by atoms with Crippen molar-refractivity contribution in [2.24, 2.45) is 0 Å². The number of amides is 1.